The fraction of sp³-hybridized carbons (Fsp3) is 0.133. The van der Waals surface area contributed by atoms with Crippen LogP contribution in [-0.4, -0.2) is 12.4 Å². The first-order valence-electron chi connectivity index (χ1n) is 5.96. The molecule has 0 unspecified atom stereocenters. The highest BCUT2D eigenvalue weighted by atomic mass is 79.9. The number of rotatable bonds is 4. The minimum Gasteiger partial charge on any atom is -0.485 e. The van der Waals surface area contributed by atoms with Gasteiger partial charge in [-0.1, -0.05) is 46.3 Å². The van der Waals surface area contributed by atoms with E-state index in [4.69, 9.17) is 4.74 Å². The van der Waals surface area contributed by atoms with Crippen LogP contribution < -0.4 is 4.74 Å². The molecule has 21 heavy (non-hydrogen) atoms. The number of ether oxygens (including phenoxy) is 1. The van der Waals surface area contributed by atoms with Crippen LogP contribution in [0.5, 0.6) is 5.75 Å². The molecular formula is C15H10BrF3O2. The number of halogens is 4. The first-order chi connectivity index (χ1) is 9.89. The standard InChI is InChI=1S/C15H10BrF3O2/c16-12-7-3-1-5-10(12)13(20)9-21-14-8-4-2-6-11(14)15(17,18)19/h1-8H,9H2. The molecule has 0 aliphatic heterocycles. The number of hydrogen-bond acceptors (Lipinski definition) is 2. The van der Waals surface area contributed by atoms with E-state index in [1.54, 1.807) is 24.3 Å². The van der Waals surface area contributed by atoms with E-state index in [0.717, 1.165) is 6.07 Å². The molecular weight excluding hydrogens is 349 g/mol. The Kier molecular flexibility index (Phi) is 4.67. The number of alkyl halides is 3. The monoisotopic (exact) mass is 358 g/mol. The summed E-state index contributed by atoms with van der Waals surface area (Å²) in [7, 11) is 0. The highest BCUT2D eigenvalue weighted by molar-refractivity contribution is 9.10. The normalized spacial score (nSPS) is 11.2. The van der Waals surface area contributed by atoms with Gasteiger partial charge in [-0.3, -0.25) is 4.79 Å². The van der Waals surface area contributed by atoms with Gasteiger partial charge in [0.25, 0.3) is 0 Å². The van der Waals surface area contributed by atoms with Crippen LogP contribution in [0.15, 0.2) is 53.0 Å². The van der Waals surface area contributed by atoms with Crippen molar-refractivity contribution in [3.05, 3.63) is 64.1 Å². The van der Waals surface area contributed by atoms with Gasteiger partial charge in [-0.2, -0.15) is 13.2 Å². The number of carbonyl (C=O) groups excluding carboxylic acids is 1. The zero-order chi connectivity index (χ0) is 15.5. The third-order valence-corrected chi connectivity index (χ3v) is 3.42. The van der Waals surface area contributed by atoms with Crippen molar-refractivity contribution in [1.29, 1.82) is 0 Å². The lowest BCUT2D eigenvalue weighted by Crippen LogP contribution is -2.15. The van der Waals surface area contributed by atoms with Crippen LogP contribution in [-0.2, 0) is 6.18 Å². The molecule has 0 fully saturated rings. The lowest BCUT2D eigenvalue weighted by atomic mass is 10.1. The molecule has 0 saturated heterocycles. The van der Waals surface area contributed by atoms with Crippen molar-refractivity contribution < 1.29 is 22.7 Å². The molecule has 6 heteroatoms. The summed E-state index contributed by atoms with van der Waals surface area (Å²) < 4.78 is 44.0. The molecule has 2 aromatic rings. The molecule has 2 nitrogen and oxygen atoms in total. The van der Waals surface area contributed by atoms with E-state index in [-0.39, 0.29) is 5.75 Å². The molecule has 110 valence electrons. The highest BCUT2D eigenvalue weighted by Crippen LogP contribution is 2.35. The van der Waals surface area contributed by atoms with Gasteiger partial charge in [-0.05, 0) is 18.2 Å². The summed E-state index contributed by atoms with van der Waals surface area (Å²) in [5.41, 5.74) is -0.535. The van der Waals surface area contributed by atoms with Crippen LogP contribution in [0.4, 0.5) is 13.2 Å². The molecule has 0 aliphatic carbocycles. The van der Waals surface area contributed by atoms with Crippen LogP contribution in [0.3, 0.4) is 0 Å². The number of Topliss-reactive ketones (excluding diaryl/α,β-unsaturated/α-hetero) is 1. The van der Waals surface area contributed by atoms with Gasteiger partial charge in [-0.25, -0.2) is 0 Å². The minimum absolute atomic E-state index is 0.356. The highest BCUT2D eigenvalue weighted by Gasteiger charge is 2.34. The predicted molar refractivity (Wildman–Crippen MR) is 75.4 cm³/mol. The summed E-state index contributed by atoms with van der Waals surface area (Å²) in [6.45, 7) is -0.463. The van der Waals surface area contributed by atoms with Crippen LogP contribution in [0.2, 0.25) is 0 Å². The average molecular weight is 359 g/mol. The van der Waals surface area contributed by atoms with Gasteiger partial charge < -0.3 is 4.74 Å². The van der Waals surface area contributed by atoms with Gasteiger partial charge in [0.2, 0.25) is 5.78 Å². The molecule has 0 radical (unpaired) electrons. The van der Waals surface area contributed by atoms with Crippen molar-refractivity contribution in [3.63, 3.8) is 0 Å². The van der Waals surface area contributed by atoms with Gasteiger partial charge in [0, 0.05) is 10.0 Å². The molecule has 0 heterocycles. The van der Waals surface area contributed by atoms with E-state index in [0.29, 0.717) is 10.0 Å². The van der Waals surface area contributed by atoms with E-state index in [1.165, 1.54) is 18.2 Å². The second-order valence-electron chi connectivity index (χ2n) is 4.19. The summed E-state index contributed by atoms with van der Waals surface area (Å²) in [5, 5.41) is 0. The Bertz CT molecular complexity index is 653. The Morgan fingerprint density at radius 1 is 1.05 bits per heavy atom. The van der Waals surface area contributed by atoms with Gasteiger partial charge >= 0.3 is 6.18 Å². The molecule has 2 aromatic carbocycles. The van der Waals surface area contributed by atoms with Crippen LogP contribution >= 0.6 is 15.9 Å². The Morgan fingerprint density at radius 2 is 1.67 bits per heavy atom. The molecule has 0 amide bonds. The molecule has 0 N–H and O–H groups in total. The van der Waals surface area contributed by atoms with Crippen molar-refractivity contribution in [2.45, 2.75) is 6.18 Å². The van der Waals surface area contributed by atoms with Gasteiger partial charge in [0.15, 0.2) is 6.61 Å². The fourth-order valence-corrected chi connectivity index (χ4v) is 2.24. The topological polar surface area (TPSA) is 26.3 Å². The Morgan fingerprint density at radius 3 is 2.33 bits per heavy atom. The van der Waals surface area contributed by atoms with E-state index in [2.05, 4.69) is 15.9 Å². The lowest BCUT2D eigenvalue weighted by Gasteiger charge is -2.13. The van der Waals surface area contributed by atoms with Crippen molar-refractivity contribution in [2.24, 2.45) is 0 Å². The second kappa shape index (κ2) is 6.30. The van der Waals surface area contributed by atoms with Gasteiger partial charge in [0.1, 0.15) is 5.75 Å². The molecule has 2 rings (SSSR count). The lowest BCUT2D eigenvalue weighted by molar-refractivity contribution is -0.138. The quantitative estimate of drug-likeness (QED) is 0.738. The van der Waals surface area contributed by atoms with Crippen LogP contribution in [0.25, 0.3) is 0 Å². The summed E-state index contributed by atoms with van der Waals surface area (Å²) in [5.74, 6) is -0.759. The SMILES string of the molecule is O=C(COc1ccccc1C(F)(F)F)c1ccccc1Br. The fourth-order valence-electron chi connectivity index (χ4n) is 1.74. The third kappa shape index (κ3) is 3.85. The molecule has 0 aromatic heterocycles. The third-order valence-electron chi connectivity index (χ3n) is 2.73. The van der Waals surface area contributed by atoms with Gasteiger partial charge in [-0.15, -0.1) is 0 Å². The van der Waals surface area contributed by atoms with Crippen molar-refractivity contribution >= 4 is 21.7 Å². The molecule has 0 aliphatic rings. The number of hydrogen-bond donors (Lipinski definition) is 0. The Balaban J connectivity index is 2.14. The molecule has 0 saturated carbocycles. The summed E-state index contributed by atoms with van der Waals surface area (Å²) in [6.07, 6.45) is -4.52. The van der Waals surface area contributed by atoms with Crippen molar-refractivity contribution in [1.82, 2.24) is 0 Å². The van der Waals surface area contributed by atoms with E-state index in [9.17, 15) is 18.0 Å². The number of para-hydroxylation sites is 1. The number of benzene rings is 2. The Hall–Kier alpha value is -1.82. The zero-order valence-electron chi connectivity index (χ0n) is 10.7. The van der Waals surface area contributed by atoms with E-state index >= 15 is 0 Å². The zero-order valence-corrected chi connectivity index (χ0v) is 12.2. The maximum absolute atomic E-state index is 12.8. The minimum atomic E-state index is -4.52. The van der Waals surface area contributed by atoms with Gasteiger partial charge in [0.05, 0.1) is 5.56 Å². The van der Waals surface area contributed by atoms with Crippen LogP contribution in [0.1, 0.15) is 15.9 Å². The first-order valence-corrected chi connectivity index (χ1v) is 6.75. The van der Waals surface area contributed by atoms with Crippen molar-refractivity contribution in [2.75, 3.05) is 6.61 Å². The second-order valence-corrected chi connectivity index (χ2v) is 5.04. The smallest absolute Gasteiger partial charge is 0.419 e. The number of ketones is 1. The van der Waals surface area contributed by atoms with Crippen LogP contribution in [0, 0.1) is 0 Å². The first kappa shape index (κ1) is 15.6. The average Bonchev–Trinajstić information content (AvgIpc) is 2.44. The number of carbonyl (C=O) groups is 1. The summed E-state index contributed by atoms with van der Waals surface area (Å²) in [4.78, 5) is 12.0. The maximum atomic E-state index is 12.8. The van der Waals surface area contributed by atoms with Crippen molar-refractivity contribution in [3.8, 4) is 5.75 Å². The maximum Gasteiger partial charge on any atom is 0.419 e. The molecule has 0 bridgehead atoms. The predicted octanol–water partition coefficient (Wildman–Crippen LogP) is 4.73. The summed E-state index contributed by atoms with van der Waals surface area (Å²) in [6, 6.07) is 11.5. The Labute approximate surface area is 127 Å². The van der Waals surface area contributed by atoms with E-state index in [1.807, 2.05) is 0 Å². The largest absolute Gasteiger partial charge is 0.485 e. The summed E-state index contributed by atoms with van der Waals surface area (Å²) >= 11 is 3.21. The molecule has 0 spiro atoms. The van der Waals surface area contributed by atoms with E-state index < -0.39 is 24.1 Å². The molecule has 0 atom stereocenters.